The molecule has 0 aliphatic rings. The van der Waals surface area contributed by atoms with Crippen LogP contribution in [0.2, 0.25) is 0 Å². The van der Waals surface area contributed by atoms with Gasteiger partial charge in [0.05, 0.1) is 18.9 Å². The van der Waals surface area contributed by atoms with Gasteiger partial charge in [-0.15, -0.1) is 0 Å². The van der Waals surface area contributed by atoms with E-state index in [2.05, 4.69) is 4.98 Å². The van der Waals surface area contributed by atoms with Crippen molar-refractivity contribution in [3.63, 3.8) is 0 Å². The van der Waals surface area contributed by atoms with Crippen LogP contribution in [0.5, 0.6) is 5.88 Å². The lowest BCUT2D eigenvalue weighted by Crippen LogP contribution is -2.38. The fraction of sp³-hybridized carbons (Fsp3) is 0.333. The summed E-state index contributed by atoms with van der Waals surface area (Å²) >= 11 is 0. The Morgan fingerprint density at radius 3 is 2.55 bits per heavy atom. The monoisotopic (exact) mass is 278 g/mol. The SMILES string of the molecule is COc1cc(CC(N)=O)c2c(=O)n(C)c(=O)n(C)c2n1. The molecule has 8 nitrogen and oxygen atoms in total. The lowest BCUT2D eigenvalue weighted by molar-refractivity contribution is -0.117. The molecule has 106 valence electrons. The second-order valence-corrected chi connectivity index (χ2v) is 4.37. The largest absolute Gasteiger partial charge is 0.481 e. The number of carbonyl (C=O) groups excluding carboxylic acids is 1. The van der Waals surface area contributed by atoms with Crippen LogP contribution in [0, 0.1) is 0 Å². The molecule has 8 heteroatoms. The molecule has 0 radical (unpaired) electrons. The standard InChI is InChI=1S/C12H14N4O4/c1-15-10-9(11(18)16(2)12(15)19)6(4-7(13)17)5-8(14-10)20-3/h5H,4H2,1-3H3,(H2,13,17). The first-order valence-corrected chi connectivity index (χ1v) is 5.78. The van der Waals surface area contributed by atoms with Gasteiger partial charge in [0.1, 0.15) is 0 Å². The molecule has 0 spiro atoms. The van der Waals surface area contributed by atoms with Gasteiger partial charge in [-0.3, -0.25) is 18.7 Å². The van der Waals surface area contributed by atoms with Crippen molar-refractivity contribution in [2.45, 2.75) is 6.42 Å². The van der Waals surface area contributed by atoms with Crippen LogP contribution in [0.15, 0.2) is 15.7 Å². The maximum Gasteiger partial charge on any atom is 0.332 e. The zero-order valence-electron chi connectivity index (χ0n) is 11.3. The highest BCUT2D eigenvalue weighted by Gasteiger charge is 2.16. The van der Waals surface area contributed by atoms with E-state index < -0.39 is 17.2 Å². The molecular formula is C12H14N4O4. The number of primary amides is 1. The predicted octanol–water partition coefficient (Wildman–Crippen LogP) is -1.33. The molecule has 0 fully saturated rings. The number of aromatic nitrogens is 3. The number of fused-ring (bicyclic) bond motifs is 1. The summed E-state index contributed by atoms with van der Waals surface area (Å²) in [6, 6.07) is 1.47. The Morgan fingerprint density at radius 2 is 2.00 bits per heavy atom. The Labute approximate surface area is 113 Å². The van der Waals surface area contributed by atoms with Crippen molar-refractivity contribution in [2.24, 2.45) is 19.8 Å². The molecule has 2 aromatic rings. The minimum absolute atomic E-state index is 0.136. The number of hydrogen-bond donors (Lipinski definition) is 1. The third kappa shape index (κ3) is 2.04. The summed E-state index contributed by atoms with van der Waals surface area (Å²) in [5, 5.41) is 0.189. The molecule has 0 aliphatic carbocycles. The Kier molecular flexibility index (Phi) is 3.31. The summed E-state index contributed by atoms with van der Waals surface area (Å²) in [4.78, 5) is 39.4. The number of hydrogen-bond acceptors (Lipinski definition) is 5. The summed E-state index contributed by atoms with van der Waals surface area (Å²) in [6.07, 6.45) is -0.136. The van der Waals surface area contributed by atoms with Gasteiger partial charge in [-0.25, -0.2) is 4.79 Å². The van der Waals surface area contributed by atoms with Crippen molar-refractivity contribution in [2.75, 3.05) is 7.11 Å². The highest BCUT2D eigenvalue weighted by molar-refractivity contribution is 5.85. The van der Waals surface area contributed by atoms with E-state index >= 15 is 0 Å². The highest BCUT2D eigenvalue weighted by atomic mass is 16.5. The number of carbonyl (C=O) groups is 1. The van der Waals surface area contributed by atoms with E-state index in [9.17, 15) is 14.4 Å². The molecule has 0 saturated carbocycles. The maximum atomic E-state index is 12.2. The van der Waals surface area contributed by atoms with Gasteiger partial charge in [0.25, 0.3) is 5.56 Å². The van der Waals surface area contributed by atoms with Crippen LogP contribution in [0.4, 0.5) is 0 Å². The number of rotatable bonds is 3. The van der Waals surface area contributed by atoms with Crippen molar-refractivity contribution in [1.82, 2.24) is 14.1 Å². The Bertz CT molecular complexity index is 819. The van der Waals surface area contributed by atoms with Gasteiger partial charge in [-0.1, -0.05) is 0 Å². The van der Waals surface area contributed by atoms with E-state index in [1.165, 1.54) is 31.8 Å². The van der Waals surface area contributed by atoms with Gasteiger partial charge in [-0.05, 0) is 5.56 Å². The molecule has 0 unspecified atom stereocenters. The van der Waals surface area contributed by atoms with Gasteiger partial charge in [0.2, 0.25) is 11.8 Å². The van der Waals surface area contributed by atoms with E-state index in [1.54, 1.807) is 0 Å². The third-order valence-corrected chi connectivity index (χ3v) is 3.04. The number of amides is 1. The van der Waals surface area contributed by atoms with Crippen LogP contribution in [0.1, 0.15) is 5.56 Å². The normalized spacial score (nSPS) is 10.8. The summed E-state index contributed by atoms with van der Waals surface area (Å²) < 4.78 is 7.21. The first-order chi connectivity index (χ1) is 9.36. The molecule has 0 bridgehead atoms. The van der Waals surface area contributed by atoms with E-state index in [0.29, 0.717) is 5.56 Å². The summed E-state index contributed by atoms with van der Waals surface area (Å²) in [5.74, 6) is -0.382. The zero-order chi connectivity index (χ0) is 15.0. The van der Waals surface area contributed by atoms with Crippen molar-refractivity contribution in [3.05, 3.63) is 32.5 Å². The van der Waals surface area contributed by atoms with Crippen LogP contribution < -0.4 is 21.7 Å². The predicted molar refractivity (Wildman–Crippen MR) is 71.7 cm³/mol. The third-order valence-electron chi connectivity index (χ3n) is 3.04. The molecule has 1 amide bonds. The van der Waals surface area contributed by atoms with Crippen molar-refractivity contribution < 1.29 is 9.53 Å². The molecule has 2 rings (SSSR count). The molecule has 2 N–H and O–H groups in total. The second-order valence-electron chi connectivity index (χ2n) is 4.37. The first kappa shape index (κ1) is 13.8. The summed E-state index contributed by atoms with van der Waals surface area (Å²) in [7, 11) is 4.26. The summed E-state index contributed by atoms with van der Waals surface area (Å²) in [6.45, 7) is 0. The van der Waals surface area contributed by atoms with Gasteiger partial charge >= 0.3 is 5.69 Å². The molecule has 20 heavy (non-hydrogen) atoms. The average molecular weight is 278 g/mol. The number of nitrogens with two attached hydrogens (primary N) is 1. The number of ether oxygens (including phenoxy) is 1. The van der Waals surface area contributed by atoms with Crippen molar-refractivity contribution in [1.29, 1.82) is 0 Å². The quantitative estimate of drug-likeness (QED) is 0.748. The lowest BCUT2D eigenvalue weighted by Gasteiger charge is -2.11. The molecule has 0 atom stereocenters. The van der Waals surface area contributed by atoms with Gasteiger partial charge < -0.3 is 10.5 Å². The van der Waals surface area contributed by atoms with E-state index in [0.717, 1.165) is 4.57 Å². The lowest BCUT2D eigenvalue weighted by atomic mass is 10.1. The molecule has 2 aromatic heterocycles. The van der Waals surface area contributed by atoms with Gasteiger partial charge in [-0.2, -0.15) is 4.98 Å². The van der Waals surface area contributed by atoms with Crippen LogP contribution in [-0.2, 0) is 25.3 Å². The Balaban J connectivity index is 3.01. The summed E-state index contributed by atoms with van der Waals surface area (Å²) in [5.41, 5.74) is 4.71. The van der Waals surface area contributed by atoms with Gasteiger partial charge in [0, 0.05) is 20.2 Å². The minimum atomic E-state index is -0.588. The van der Waals surface area contributed by atoms with Crippen LogP contribution in [0.3, 0.4) is 0 Å². The van der Waals surface area contributed by atoms with Crippen LogP contribution in [-0.4, -0.2) is 27.1 Å². The van der Waals surface area contributed by atoms with E-state index in [1.807, 2.05) is 0 Å². The van der Waals surface area contributed by atoms with E-state index in [4.69, 9.17) is 10.5 Å². The number of aryl methyl sites for hydroxylation is 1. The van der Waals surface area contributed by atoms with Crippen LogP contribution in [0.25, 0.3) is 11.0 Å². The van der Waals surface area contributed by atoms with Crippen LogP contribution >= 0.6 is 0 Å². The average Bonchev–Trinajstić information content (AvgIpc) is 2.41. The van der Waals surface area contributed by atoms with E-state index in [-0.39, 0.29) is 23.3 Å². The zero-order valence-corrected chi connectivity index (χ0v) is 11.3. The van der Waals surface area contributed by atoms with Crippen molar-refractivity contribution in [3.8, 4) is 5.88 Å². The molecule has 2 heterocycles. The topological polar surface area (TPSA) is 109 Å². The first-order valence-electron chi connectivity index (χ1n) is 5.78. The fourth-order valence-electron chi connectivity index (χ4n) is 2.03. The number of pyridine rings is 1. The van der Waals surface area contributed by atoms with Gasteiger partial charge in [0.15, 0.2) is 5.65 Å². The second kappa shape index (κ2) is 4.80. The Hall–Kier alpha value is -2.64. The highest BCUT2D eigenvalue weighted by Crippen LogP contribution is 2.18. The number of nitrogens with zero attached hydrogens (tertiary/aromatic N) is 3. The molecular weight excluding hydrogens is 264 g/mol. The number of methoxy groups -OCH3 is 1. The molecule has 0 aromatic carbocycles. The Morgan fingerprint density at radius 1 is 1.35 bits per heavy atom. The van der Waals surface area contributed by atoms with Crippen molar-refractivity contribution >= 4 is 16.9 Å². The molecule has 0 aliphatic heterocycles. The minimum Gasteiger partial charge on any atom is -0.481 e. The fourth-order valence-corrected chi connectivity index (χ4v) is 2.03. The smallest absolute Gasteiger partial charge is 0.332 e. The maximum absolute atomic E-state index is 12.2. The molecule has 0 saturated heterocycles.